The quantitative estimate of drug-likeness (QED) is 0.914. The van der Waals surface area contributed by atoms with Crippen LogP contribution >= 0.6 is 11.6 Å². The number of aryl methyl sites for hydroxylation is 1. The molecule has 104 valence electrons. The molecule has 0 amide bonds. The molecule has 3 nitrogen and oxygen atoms in total. The Kier molecular flexibility index (Phi) is 3.79. The lowest BCUT2D eigenvalue weighted by atomic mass is 10.1. The summed E-state index contributed by atoms with van der Waals surface area (Å²) in [4.78, 5) is 4.27. The zero-order chi connectivity index (χ0) is 13.9. The normalized spacial score (nSPS) is 16.8. The number of halogens is 1. The Hall–Kier alpha value is -1.74. The van der Waals surface area contributed by atoms with Gasteiger partial charge in [-0.3, -0.25) is 0 Å². The maximum atomic E-state index is 6.03. The first-order valence-electron chi connectivity index (χ1n) is 6.90. The number of anilines is 1. The zero-order valence-corrected chi connectivity index (χ0v) is 12.2. The number of nitrogens with zero attached hydrogens (tertiary/aromatic N) is 1. The third-order valence-electron chi connectivity index (χ3n) is 3.55. The number of rotatable bonds is 4. The van der Waals surface area contributed by atoms with E-state index in [1.165, 1.54) is 11.1 Å². The number of hydrogen-bond acceptors (Lipinski definition) is 3. The smallest absolute Gasteiger partial charge is 0.213 e. The Labute approximate surface area is 123 Å². The first kappa shape index (κ1) is 13.3. The van der Waals surface area contributed by atoms with E-state index in [9.17, 15) is 0 Å². The number of hydrogen-bond donors (Lipinski definition) is 1. The maximum absolute atomic E-state index is 6.03. The summed E-state index contributed by atoms with van der Waals surface area (Å²) in [5, 5.41) is 4.34. The number of aromatic nitrogens is 1. The highest BCUT2D eigenvalue weighted by molar-refractivity contribution is 6.30. The molecular formula is C16H17ClN2O. The van der Waals surface area contributed by atoms with Crippen LogP contribution in [0, 0.1) is 0 Å². The Morgan fingerprint density at radius 3 is 3.00 bits per heavy atom. The van der Waals surface area contributed by atoms with Crippen molar-refractivity contribution in [2.24, 2.45) is 0 Å². The molecule has 1 aliphatic carbocycles. The molecule has 1 heterocycles. The zero-order valence-electron chi connectivity index (χ0n) is 11.4. The van der Waals surface area contributed by atoms with Gasteiger partial charge in [-0.05, 0) is 49.1 Å². The highest BCUT2D eigenvalue weighted by Gasteiger charge is 2.22. The van der Waals surface area contributed by atoms with Crippen LogP contribution in [0.4, 0.5) is 5.69 Å². The third kappa shape index (κ3) is 2.73. The van der Waals surface area contributed by atoms with Crippen LogP contribution in [-0.4, -0.2) is 11.6 Å². The van der Waals surface area contributed by atoms with E-state index in [4.69, 9.17) is 16.3 Å². The molecule has 1 aliphatic rings. The van der Waals surface area contributed by atoms with Gasteiger partial charge in [0, 0.05) is 11.1 Å². The summed E-state index contributed by atoms with van der Waals surface area (Å²) in [6.45, 7) is 2.59. The standard InChI is InChI=1S/C16H17ClN2O/c1-2-20-16-8-5-13(10-18-16)19-15-7-3-11-9-12(17)4-6-14(11)15/h4-6,8-10,15,19H,2-3,7H2,1H3. The van der Waals surface area contributed by atoms with Crippen LogP contribution in [-0.2, 0) is 6.42 Å². The molecule has 1 aromatic heterocycles. The van der Waals surface area contributed by atoms with Gasteiger partial charge in [0.05, 0.1) is 24.5 Å². The Morgan fingerprint density at radius 2 is 2.25 bits per heavy atom. The minimum absolute atomic E-state index is 0.335. The molecule has 2 aromatic rings. The van der Waals surface area contributed by atoms with Gasteiger partial charge in [0.1, 0.15) is 0 Å². The third-order valence-corrected chi connectivity index (χ3v) is 3.79. The van der Waals surface area contributed by atoms with E-state index in [0.717, 1.165) is 23.6 Å². The van der Waals surface area contributed by atoms with Crippen LogP contribution in [0.3, 0.4) is 0 Å². The molecule has 1 N–H and O–H groups in total. The number of ether oxygens (including phenoxy) is 1. The summed E-state index contributed by atoms with van der Waals surface area (Å²) in [7, 11) is 0. The Morgan fingerprint density at radius 1 is 1.35 bits per heavy atom. The SMILES string of the molecule is CCOc1ccc(NC2CCc3cc(Cl)ccc32)cn1. The summed E-state index contributed by atoms with van der Waals surface area (Å²) >= 11 is 6.03. The van der Waals surface area contributed by atoms with Gasteiger partial charge in [-0.1, -0.05) is 17.7 Å². The first-order chi connectivity index (χ1) is 9.76. The van der Waals surface area contributed by atoms with E-state index in [2.05, 4.69) is 22.4 Å². The van der Waals surface area contributed by atoms with Crippen LogP contribution in [0.25, 0.3) is 0 Å². The molecule has 4 heteroatoms. The molecule has 1 unspecified atom stereocenters. The highest BCUT2D eigenvalue weighted by Crippen LogP contribution is 2.35. The second-order valence-corrected chi connectivity index (χ2v) is 5.33. The molecule has 0 radical (unpaired) electrons. The fraction of sp³-hybridized carbons (Fsp3) is 0.312. The van der Waals surface area contributed by atoms with E-state index in [-0.39, 0.29) is 0 Å². The minimum Gasteiger partial charge on any atom is -0.478 e. The van der Waals surface area contributed by atoms with Crippen LogP contribution in [0.2, 0.25) is 5.02 Å². The molecule has 0 fully saturated rings. The molecule has 1 aromatic carbocycles. The van der Waals surface area contributed by atoms with Crippen molar-refractivity contribution in [3.63, 3.8) is 0 Å². The fourth-order valence-electron chi connectivity index (χ4n) is 2.64. The van der Waals surface area contributed by atoms with Gasteiger partial charge in [-0.25, -0.2) is 4.98 Å². The van der Waals surface area contributed by atoms with Gasteiger partial charge in [0.2, 0.25) is 5.88 Å². The van der Waals surface area contributed by atoms with Crippen molar-refractivity contribution < 1.29 is 4.74 Å². The summed E-state index contributed by atoms with van der Waals surface area (Å²) < 4.78 is 5.35. The second-order valence-electron chi connectivity index (χ2n) is 4.90. The topological polar surface area (TPSA) is 34.1 Å². The van der Waals surface area contributed by atoms with Gasteiger partial charge in [-0.15, -0.1) is 0 Å². The van der Waals surface area contributed by atoms with Gasteiger partial charge < -0.3 is 10.1 Å². The predicted octanol–water partition coefficient (Wildman–Crippen LogP) is 4.23. The Balaban J connectivity index is 1.73. The summed E-state index contributed by atoms with van der Waals surface area (Å²) in [6.07, 6.45) is 3.97. The maximum Gasteiger partial charge on any atom is 0.213 e. The molecule has 0 bridgehead atoms. The lowest BCUT2D eigenvalue weighted by molar-refractivity contribution is 0.327. The first-order valence-corrected chi connectivity index (χ1v) is 7.28. The molecule has 0 spiro atoms. The molecule has 0 aliphatic heterocycles. The van der Waals surface area contributed by atoms with E-state index in [1.54, 1.807) is 0 Å². The summed E-state index contributed by atoms with van der Waals surface area (Å²) in [5.41, 5.74) is 3.69. The largest absolute Gasteiger partial charge is 0.478 e. The van der Waals surface area contributed by atoms with Crippen molar-refractivity contribution in [1.82, 2.24) is 4.98 Å². The van der Waals surface area contributed by atoms with Gasteiger partial charge in [0.25, 0.3) is 0 Å². The predicted molar refractivity (Wildman–Crippen MR) is 81.5 cm³/mol. The van der Waals surface area contributed by atoms with E-state index in [1.807, 2.05) is 31.3 Å². The number of benzene rings is 1. The van der Waals surface area contributed by atoms with Crippen LogP contribution in [0.5, 0.6) is 5.88 Å². The lowest BCUT2D eigenvalue weighted by Crippen LogP contribution is -2.07. The highest BCUT2D eigenvalue weighted by atomic mass is 35.5. The molecule has 0 saturated heterocycles. The van der Waals surface area contributed by atoms with Crippen molar-refractivity contribution in [3.05, 3.63) is 52.7 Å². The van der Waals surface area contributed by atoms with Gasteiger partial charge in [-0.2, -0.15) is 0 Å². The second kappa shape index (κ2) is 5.71. The van der Waals surface area contributed by atoms with Crippen molar-refractivity contribution in [2.75, 3.05) is 11.9 Å². The average molecular weight is 289 g/mol. The fourth-order valence-corrected chi connectivity index (χ4v) is 2.83. The lowest BCUT2D eigenvalue weighted by Gasteiger charge is -2.15. The van der Waals surface area contributed by atoms with Crippen LogP contribution < -0.4 is 10.1 Å². The molecular weight excluding hydrogens is 272 g/mol. The molecule has 20 heavy (non-hydrogen) atoms. The van der Waals surface area contributed by atoms with Crippen LogP contribution in [0.1, 0.15) is 30.5 Å². The van der Waals surface area contributed by atoms with E-state index >= 15 is 0 Å². The van der Waals surface area contributed by atoms with Crippen LogP contribution in [0.15, 0.2) is 36.5 Å². The minimum atomic E-state index is 0.335. The number of fused-ring (bicyclic) bond motifs is 1. The van der Waals surface area contributed by atoms with Gasteiger partial charge >= 0.3 is 0 Å². The van der Waals surface area contributed by atoms with Crippen molar-refractivity contribution in [2.45, 2.75) is 25.8 Å². The molecule has 1 atom stereocenters. The van der Waals surface area contributed by atoms with Crippen molar-refractivity contribution in [3.8, 4) is 5.88 Å². The van der Waals surface area contributed by atoms with Gasteiger partial charge in [0.15, 0.2) is 0 Å². The average Bonchev–Trinajstić information content (AvgIpc) is 2.83. The number of nitrogens with one attached hydrogen (secondary N) is 1. The molecule has 3 rings (SSSR count). The van der Waals surface area contributed by atoms with E-state index in [0.29, 0.717) is 18.5 Å². The molecule has 0 saturated carbocycles. The monoisotopic (exact) mass is 288 g/mol. The summed E-state index contributed by atoms with van der Waals surface area (Å²) in [5.74, 6) is 0.664. The number of pyridine rings is 1. The van der Waals surface area contributed by atoms with E-state index < -0.39 is 0 Å². The van der Waals surface area contributed by atoms with Crippen molar-refractivity contribution in [1.29, 1.82) is 0 Å². The Bertz CT molecular complexity index is 598. The summed E-state index contributed by atoms with van der Waals surface area (Å²) in [6, 6.07) is 10.4. The van der Waals surface area contributed by atoms with Crippen molar-refractivity contribution >= 4 is 17.3 Å².